The number of hydrogen-bond acceptors (Lipinski definition) is 2. The van der Waals surface area contributed by atoms with Crippen molar-refractivity contribution < 1.29 is 4.74 Å². The molecule has 0 saturated carbocycles. The van der Waals surface area contributed by atoms with Crippen LogP contribution in [0.4, 0.5) is 0 Å². The molecule has 2 rings (SSSR count). The fraction of sp³-hybridized carbons (Fsp3) is 0.684. The standard InChI is InChI=1S/C19H31NO/c1-2-3-4-5-6-7-8-9-13-18(20)17-15-21-19-14-11-10-12-16(17)19/h10-12,14,17-18H,2-9,13,15,20H2,1H3. The lowest BCUT2D eigenvalue weighted by Crippen LogP contribution is -2.29. The Kier molecular flexibility index (Phi) is 7.08. The molecule has 2 nitrogen and oxygen atoms in total. The average Bonchev–Trinajstić information content (AvgIpc) is 2.94. The number of hydrogen-bond donors (Lipinski definition) is 1. The number of fused-ring (bicyclic) bond motifs is 1. The first kappa shape index (κ1) is 16.4. The molecule has 1 heterocycles. The van der Waals surface area contributed by atoms with Gasteiger partial charge < -0.3 is 10.5 Å². The molecule has 0 aromatic heterocycles. The first-order chi connectivity index (χ1) is 10.3. The molecule has 2 unspecified atom stereocenters. The van der Waals surface area contributed by atoms with Gasteiger partial charge in [-0.1, -0.05) is 76.5 Å². The zero-order valence-corrected chi connectivity index (χ0v) is 13.5. The third-order valence-electron chi connectivity index (χ3n) is 4.64. The summed E-state index contributed by atoms with van der Waals surface area (Å²) in [5, 5.41) is 0. The number of benzene rings is 1. The number of ether oxygens (including phenoxy) is 1. The normalized spacial score (nSPS) is 18.3. The van der Waals surface area contributed by atoms with Gasteiger partial charge in [0.05, 0.1) is 6.61 Å². The molecule has 0 amide bonds. The SMILES string of the molecule is CCCCCCCCCCC(N)C1COc2ccccc21. The van der Waals surface area contributed by atoms with Gasteiger partial charge in [0.2, 0.25) is 0 Å². The van der Waals surface area contributed by atoms with E-state index < -0.39 is 0 Å². The van der Waals surface area contributed by atoms with Gasteiger partial charge in [0.1, 0.15) is 5.75 Å². The Bertz CT molecular complexity index is 404. The maximum absolute atomic E-state index is 6.39. The van der Waals surface area contributed by atoms with Crippen LogP contribution < -0.4 is 10.5 Å². The minimum absolute atomic E-state index is 0.244. The Morgan fingerprint density at radius 1 is 1.05 bits per heavy atom. The van der Waals surface area contributed by atoms with E-state index in [2.05, 4.69) is 25.1 Å². The predicted octanol–water partition coefficient (Wildman–Crippen LogP) is 5.02. The maximum atomic E-state index is 6.39. The summed E-state index contributed by atoms with van der Waals surface area (Å²) in [6, 6.07) is 8.59. The highest BCUT2D eigenvalue weighted by atomic mass is 16.5. The zero-order valence-electron chi connectivity index (χ0n) is 13.5. The van der Waals surface area contributed by atoms with Gasteiger partial charge in [-0.2, -0.15) is 0 Å². The van der Waals surface area contributed by atoms with Gasteiger partial charge in [0.25, 0.3) is 0 Å². The summed E-state index contributed by atoms with van der Waals surface area (Å²) < 4.78 is 5.73. The van der Waals surface area contributed by atoms with Crippen LogP contribution in [0.25, 0.3) is 0 Å². The van der Waals surface area contributed by atoms with Gasteiger partial charge in [0, 0.05) is 17.5 Å². The first-order valence-corrected chi connectivity index (χ1v) is 8.80. The molecule has 1 aromatic rings. The summed E-state index contributed by atoms with van der Waals surface area (Å²) in [5.41, 5.74) is 7.70. The van der Waals surface area contributed by atoms with Crippen molar-refractivity contribution in [3.63, 3.8) is 0 Å². The molecule has 0 saturated heterocycles. The monoisotopic (exact) mass is 289 g/mol. The van der Waals surface area contributed by atoms with E-state index in [1.165, 1.54) is 56.9 Å². The van der Waals surface area contributed by atoms with E-state index in [0.29, 0.717) is 5.92 Å². The summed E-state index contributed by atoms with van der Waals surface area (Å²) >= 11 is 0. The number of para-hydroxylation sites is 1. The van der Waals surface area contributed by atoms with E-state index in [4.69, 9.17) is 10.5 Å². The second kappa shape index (κ2) is 9.09. The van der Waals surface area contributed by atoms with Crippen molar-refractivity contribution in [2.75, 3.05) is 6.61 Å². The smallest absolute Gasteiger partial charge is 0.122 e. The second-order valence-corrected chi connectivity index (χ2v) is 6.38. The molecule has 2 heteroatoms. The number of rotatable bonds is 10. The van der Waals surface area contributed by atoms with E-state index in [1.54, 1.807) is 0 Å². The summed E-state index contributed by atoms with van der Waals surface area (Å²) in [6.45, 7) is 3.03. The summed E-state index contributed by atoms with van der Waals surface area (Å²) in [5.74, 6) is 1.43. The Morgan fingerprint density at radius 3 is 2.48 bits per heavy atom. The lowest BCUT2D eigenvalue weighted by Gasteiger charge is -2.18. The topological polar surface area (TPSA) is 35.2 Å². The second-order valence-electron chi connectivity index (χ2n) is 6.38. The van der Waals surface area contributed by atoms with Gasteiger partial charge >= 0.3 is 0 Å². The average molecular weight is 289 g/mol. The molecular weight excluding hydrogens is 258 g/mol. The van der Waals surface area contributed by atoms with Gasteiger partial charge in [0.15, 0.2) is 0 Å². The van der Waals surface area contributed by atoms with Gasteiger partial charge in [-0.25, -0.2) is 0 Å². The third kappa shape index (κ3) is 5.03. The fourth-order valence-corrected chi connectivity index (χ4v) is 3.26. The quantitative estimate of drug-likeness (QED) is 0.614. The summed E-state index contributed by atoms with van der Waals surface area (Å²) in [6.07, 6.45) is 12.0. The fourth-order valence-electron chi connectivity index (χ4n) is 3.26. The molecule has 1 aliphatic heterocycles. The lowest BCUT2D eigenvalue weighted by molar-refractivity contribution is 0.307. The van der Waals surface area contributed by atoms with Crippen molar-refractivity contribution in [3.8, 4) is 5.75 Å². The first-order valence-electron chi connectivity index (χ1n) is 8.80. The molecule has 118 valence electrons. The molecule has 0 spiro atoms. The summed E-state index contributed by atoms with van der Waals surface area (Å²) in [4.78, 5) is 0. The van der Waals surface area contributed by atoms with Crippen molar-refractivity contribution in [1.82, 2.24) is 0 Å². The van der Waals surface area contributed by atoms with Crippen molar-refractivity contribution >= 4 is 0 Å². The molecule has 0 bridgehead atoms. The summed E-state index contributed by atoms with van der Waals surface area (Å²) in [7, 11) is 0. The van der Waals surface area contributed by atoms with Crippen LogP contribution in [0.3, 0.4) is 0 Å². The van der Waals surface area contributed by atoms with Crippen LogP contribution in [-0.2, 0) is 0 Å². The highest BCUT2D eigenvalue weighted by Gasteiger charge is 2.28. The van der Waals surface area contributed by atoms with Crippen LogP contribution in [0.1, 0.15) is 76.2 Å². The van der Waals surface area contributed by atoms with Crippen LogP contribution >= 0.6 is 0 Å². The highest BCUT2D eigenvalue weighted by molar-refractivity contribution is 5.40. The van der Waals surface area contributed by atoms with Gasteiger partial charge in [-0.15, -0.1) is 0 Å². The molecule has 2 atom stereocenters. The molecule has 1 aliphatic rings. The van der Waals surface area contributed by atoms with Crippen molar-refractivity contribution in [3.05, 3.63) is 29.8 Å². The molecule has 0 radical (unpaired) electrons. The molecule has 1 aromatic carbocycles. The van der Waals surface area contributed by atoms with Gasteiger partial charge in [-0.05, 0) is 12.5 Å². The van der Waals surface area contributed by atoms with Gasteiger partial charge in [-0.3, -0.25) is 0 Å². The Balaban J connectivity index is 1.59. The maximum Gasteiger partial charge on any atom is 0.122 e. The minimum atomic E-state index is 0.244. The Hall–Kier alpha value is -1.02. The van der Waals surface area contributed by atoms with Crippen LogP contribution in [0.5, 0.6) is 5.75 Å². The lowest BCUT2D eigenvalue weighted by atomic mass is 9.90. The van der Waals surface area contributed by atoms with E-state index in [-0.39, 0.29) is 6.04 Å². The van der Waals surface area contributed by atoms with Crippen LogP contribution in [0.2, 0.25) is 0 Å². The zero-order chi connectivity index (χ0) is 14.9. The number of nitrogens with two attached hydrogens (primary N) is 1. The predicted molar refractivity (Wildman–Crippen MR) is 89.9 cm³/mol. The van der Waals surface area contributed by atoms with Crippen molar-refractivity contribution in [1.29, 1.82) is 0 Å². The largest absolute Gasteiger partial charge is 0.493 e. The van der Waals surface area contributed by atoms with Crippen LogP contribution in [0, 0.1) is 0 Å². The highest BCUT2D eigenvalue weighted by Crippen LogP contribution is 2.36. The van der Waals surface area contributed by atoms with E-state index in [9.17, 15) is 0 Å². The Labute approximate surface area is 130 Å². The molecule has 2 N–H and O–H groups in total. The molecule has 21 heavy (non-hydrogen) atoms. The van der Waals surface area contributed by atoms with E-state index >= 15 is 0 Å². The molecule has 0 aliphatic carbocycles. The molecular formula is C19H31NO. The molecule has 0 fully saturated rings. The van der Waals surface area contributed by atoms with E-state index in [0.717, 1.165) is 18.8 Å². The minimum Gasteiger partial charge on any atom is -0.493 e. The van der Waals surface area contributed by atoms with Crippen molar-refractivity contribution in [2.45, 2.75) is 76.7 Å². The van der Waals surface area contributed by atoms with Crippen LogP contribution in [-0.4, -0.2) is 12.6 Å². The third-order valence-corrected chi connectivity index (χ3v) is 4.64. The Morgan fingerprint density at radius 2 is 1.71 bits per heavy atom. The number of unbranched alkanes of at least 4 members (excludes halogenated alkanes) is 7. The van der Waals surface area contributed by atoms with Crippen molar-refractivity contribution in [2.24, 2.45) is 5.73 Å². The van der Waals surface area contributed by atoms with E-state index in [1.807, 2.05) is 6.07 Å². The van der Waals surface area contributed by atoms with Crippen LogP contribution in [0.15, 0.2) is 24.3 Å².